The Kier molecular flexibility index (Phi) is 3.79. The second-order valence-electron chi connectivity index (χ2n) is 3.60. The van der Waals surface area contributed by atoms with E-state index in [1.807, 2.05) is 7.05 Å². The lowest BCUT2D eigenvalue weighted by molar-refractivity contribution is 0.248. The highest BCUT2D eigenvalue weighted by Crippen LogP contribution is 2.30. The Morgan fingerprint density at radius 1 is 1.69 bits per heavy atom. The van der Waals surface area contributed by atoms with Crippen LogP contribution in [0.15, 0.2) is 23.9 Å². The van der Waals surface area contributed by atoms with E-state index in [0.717, 1.165) is 6.42 Å². The van der Waals surface area contributed by atoms with Gasteiger partial charge in [-0.3, -0.25) is 0 Å². The van der Waals surface area contributed by atoms with Gasteiger partial charge in [-0.1, -0.05) is 28.7 Å². The maximum atomic E-state index is 8.80. The fourth-order valence-electron chi connectivity index (χ4n) is 1.34. The standard InChI is InChI=1S/C10H16INO/c1-10(11)5-3-4-9(8-10)12(2)6-7-13/h3-4,8,13H,5-7H2,1-2H3. The van der Waals surface area contributed by atoms with E-state index < -0.39 is 0 Å². The molecule has 0 heterocycles. The predicted octanol–water partition coefficient (Wildman–Crippen LogP) is 1.95. The molecule has 13 heavy (non-hydrogen) atoms. The minimum Gasteiger partial charge on any atom is -0.395 e. The molecule has 0 radical (unpaired) electrons. The lowest BCUT2D eigenvalue weighted by Crippen LogP contribution is -2.25. The van der Waals surface area contributed by atoms with Crippen LogP contribution < -0.4 is 0 Å². The van der Waals surface area contributed by atoms with Crippen LogP contribution in [0, 0.1) is 0 Å². The van der Waals surface area contributed by atoms with Gasteiger partial charge in [0.25, 0.3) is 0 Å². The van der Waals surface area contributed by atoms with Gasteiger partial charge >= 0.3 is 0 Å². The van der Waals surface area contributed by atoms with Crippen LogP contribution in [-0.2, 0) is 0 Å². The van der Waals surface area contributed by atoms with Crippen molar-refractivity contribution in [3.8, 4) is 0 Å². The SMILES string of the molecule is CN(CCO)C1=CC(C)(I)CC=C1. The van der Waals surface area contributed by atoms with Crippen LogP contribution >= 0.6 is 22.6 Å². The molecule has 0 saturated heterocycles. The Bertz CT molecular complexity index is 233. The number of halogens is 1. The van der Waals surface area contributed by atoms with E-state index >= 15 is 0 Å². The molecule has 1 aliphatic rings. The van der Waals surface area contributed by atoms with Crippen molar-refractivity contribution in [3.05, 3.63) is 23.9 Å². The van der Waals surface area contributed by atoms with Crippen LogP contribution in [0.2, 0.25) is 0 Å². The molecule has 3 heteroatoms. The van der Waals surface area contributed by atoms with E-state index in [0.29, 0.717) is 6.54 Å². The van der Waals surface area contributed by atoms with Crippen molar-refractivity contribution in [3.63, 3.8) is 0 Å². The summed E-state index contributed by atoms with van der Waals surface area (Å²) in [7, 11) is 2.00. The van der Waals surface area contributed by atoms with Crippen molar-refractivity contribution in [1.82, 2.24) is 4.90 Å². The first kappa shape index (κ1) is 11.0. The molecule has 0 aromatic carbocycles. The molecule has 0 fully saturated rings. The van der Waals surface area contributed by atoms with Crippen molar-refractivity contribution >= 4 is 22.6 Å². The fraction of sp³-hybridized carbons (Fsp3) is 0.600. The van der Waals surface area contributed by atoms with E-state index in [2.05, 4.69) is 52.6 Å². The number of hydrogen-bond donors (Lipinski definition) is 1. The van der Waals surface area contributed by atoms with Gasteiger partial charge in [0, 0.05) is 22.7 Å². The van der Waals surface area contributed by atoms with Gasteiger partial charge in [-0.2, -0.15) is 0 Å². The van der Waals surface area contributed by atoms with Crippen LogP contribution in [0.1, 0.15) is 13.3 Å². The summed E-state index contributed by atoms with van der Waals surface area (Å²) in [4.78, 5) is 2.08. The summed E-state index contributed by atoms with van der Waals surface area (Å²) < 4.78 is 0.228. The van der Waals surface area contributed by atoms with E-state index in [1.165, 1.54) is 5.70 Å². The lowest BCUT2D eigenvalue weighted by atomic mass is 10.0. The van der Waals surface area contributed by atoms with Crippen molar-refractivity contribution in [2.45, 2.75) is 16.8 Å². The van der Waals surface area contributed by atoms with Crippen molar-refractivity contribution in [2.75, 3.05) is 20.2 Å². The van der Waals surface area contributed by atoms with Crippen molar-refractivity contribution < 1.29 is 5.11 Å². The van der Waals surface area contributed by atoms with Gasteiger partial charge in [-0.25, -0.2) is 0 Å². The van der Waals surface area contributed by atoms with Crippen LogP contribution in [0.5, 0.6) is 0 Å². The summed E-state index contributed by atoms with van der Waals surface area (Å²) in [5.41, 5.74) is 1.21. The van der Waals surface area contributed by atoms with E-state index in [4.69, 9.17) is 5.11 Å². The monoisotopic (exact) mass is 293 g/mol. The zero-order valence-electron chi connectivity index (χ0n) is 8.13. The summed E-state index contributed by atoms with van der Waals surface area (Å²) in [6.45, 7) is 3.12. The second kappa shape index (κ2) is 4.46. The highest BCUT2D eigenvalue weighted by molar-refractivity contribution is 14.1. The van der Waals surface area contributed by atoms with E-state index in [-0.39, 0.29) is 10.0 Å². The Morgan fingerprint density at radius 3 is 2.92 bits per heavy atom. The lowest BCUT2D eigenvalue weighted by Gasteiger charge is -2.27. The van der Waals surface area contributed by atoms with Crippen molar-refractivity contribution in [2.24, 2.45) is 0 Å². The number of rotatable bonds is 3. The normalized spacial score (nSPS) is 27.2. The van der Waals surface area contributed by atoms with Gasteiger partial charge in [0.2, 0.25) is 0 Å². The fourth-order valence-corrected chi connectivity index (χ4v) is 1.92. The topological polar surface area (TPSA) is 23.5 Å². The Hall–Kier alpha value is -0.0300. The van der Waals surface area contributed by atoms with Gasteiger partial charge in [-0.05, 0) is 25.5 Å². The first-order chi connectivity index (χ1) is 6.05. The van der Waals surface area contributed by atoms with E-state index in [1.54, 1.807) is 0 Å². The minimum absolute atomic E-state index is 0.208. The third kappa shape index (κ3) is 3.31. The zero-order chi connectivity index (χ0) is 9.90. The number of alkyl halides is 1. The molecule has 0 aromatic rings. The Labute approximate surface area is 93.5 Å². The van der Waals surface area contributed by atoms with E-state index in [9.17, 15) is 0 Å². The average molecular weight is 293 g/mol. The minimum atomic E-state index is 0.208. The summed E-state index contributed by atoms with van der Waals surface area (Å²) in [5.74, 6) is 0. The summed E-state index contributed by atoms with van der Waals surface area (Å²) >= 11 is 2.45. The quantitative estimate of drug-likeness (QED) is 0.635. The van der Waals surface area contributed by atoms with Crippen LogP contribution in [0.25, 0.3) is 0 Å². The maximum Gasteiger partial charge on any atom is 0.0606 e. The molecular weight excluding hydrogens is 277 g/mol. The molecule has 0 aromatic heterocycles. The van der Waals surface area contributed by atoms with Crippen LogP contribution in [-0.4, -0.2) is 33.6 Å². The largest absolute Gasteiger partial charge is 0.395 e. The molecule has 74 valence electrons. The zero-order valence-corrected chi connectivity index (χ0v) is 10.3. The van der Waals surface area contributed by atoms with Crippen LogP contribution in [0.3, 0.4) is 0 Å². The first-order valence-corrected chi connectivity index (χ1v) is 5.53. The van der Waals surface area contributed by atoms with Gasteiger partial charge in [0.05, 0.1) is 6.61 Å². The molecule has 1 N–H and O–H groups in total. The molecule has 0 saturated carbocycles. The van der Waals surface area contributed by atoms with Gasteiger partial charge in [0.15, 0.2) is 0 Å². The number of aliphatic hydroxyl groups excluding tert-OH is 1. The molecule has 0 bridgehead atoms. The Morgan fingerprint density at radius 2 is 2.38 bits per heavy atom. The highest BCUT2D eigenvalue weighted by atomic mass is 127. The molecule has 1 rings (SSSR count). The maximum absolute atomic E-state index is 8.80. The first-order valence-electron chi connectivity index (χ1n) is 4.45. The summed E-state index contributed by atoms with van der Waals surface area (Å²) in [5, 5.41) is 8.80. The highest BCUT2D eigenvalue weighted by Gasteiger charge is 2.19. The number of aliphatic hydroxyl groups is 1. The summed E-state index contributed by atoms with van der Waals surface area (Å²) in [6, 6.07) is 0. The van der Waals surface area contributed by atoms with Crippen LogP contribution in [0.4, 0.5) is 0 Å². The second-order valence-corrected chi connectivity index (χ2v) is 6.06. The van der Waals surface area contributed by atoms with Gasteiger partial charge in [-0.15, -0.1) is 0 Å². The average Bonchev–Trinajstić information content (AvgIpc) is 2.03. The molecule has 0 amide bonds. The molecule has 1 aliphatic carbocycles. The molecule has 1 atom stereocenters. The molecule has 0 spiro atoms. The third-order valence-corrected chi connectivity index (χ3v) is 2.88. The number of allylic oxidation sites excluding steroid dienone is 3. The Balaban J connectivity index is 2.68. The third-order valence-electron chi connectivity index (χ3n) is 2.13. The molecule has 1 unspecified atom stereocenters. The number of likely N-dealkylation sites (N-methyl/N-ethyl adjacent to an activating group) is 1. The summed E-state index contributed by atoms with van der Waals surface area (Å²) in [6.07, 6.45) is 7.65. The molecule has 2 nitrogen and oxygen atoms in total. The number of nitrogens with zero attached hydrogens (tertiary/aromatic N) is 1. The van der Waals surface area contributed by atoms with Crippen molar-refractivity contribution in [1.29, 1.82) is 0 Å². The smallest absolute Gasteiger partial charge is 0.0606 e. The number of hydrogen-bond acceptors (Lipinski definition) is 2. The predicted molar refractivity (Wildman–Crippen MR) is 64.0 cm³/mol. The molecule has 0 aliphatic heterocycles. The molecular formula is C10H16INO. The van der Waals surface area contributed by atoms with Gasteiger partial charge < -0.3 is 10.0 Å². The van der Waals surface area contributed by atoms with Gasteiger partial charge in [0.1, 0.15) is 0 Å².